The second-order valence-electron chi connectivity index (χ2n) is 4.58. The number of aromatic nitrogens is 2. The molecule has 0 aliphatic heterocycles. The van der Waals surface area contributed by atoms with Crippen LogP contribution in [0.15, 0.2) is 30.6 Å². The maximum Gasteiger partial charge on any atom is 0.145 e. The minimum absolute atomic E-state index is 0.0693. The van der Waals surface area contributed by atoms with Crippen molar-refractivity contribution >= 4 is 11.6 Å². The molecule has 0 aliphatic carbocycles. The van der Waals surface area contributed by atoms with Gasteiger partial charge in [0.25, 0.3) is 0 Å². The van der Waals surface area contributed by atoms with Crippen molar-refractivity contribution in [2.75, 3.05) is 0 Å². The average Bonchev–Trinajstić information content (AvgIpc) is 2.37. The average molecular weight is 280 g/mol. The lowest BCUT2D eigenvalue weighted by molar-refractivity contribution is 0.612. The summed E-state index contributed by atoms with van der Waals surface area (Å²) < 4.78 is 13.7. The molecule has 2 aromatic rings. The molecule has 1 aromatic carbocycles. The first-order valence-corrected chi connectivity index (χ1v) is 6.42. The largest absolute Gasteiger partial charge is 0.328 e. The molecule has 3 nitrogen and oxygen atoms in total. The van der Waals surface area contributed by atoms with Crippen molar-refractivity contribution in [3.63, 3.8) is 0 Å². The first-order chi connectivity index (χ1) is 9.06. The van der Waals surface area contributed by atoms with Crippen LogP contribution in [0.3, 0.4) is 0 Å². The van der Waals surface area contributed by atoms with Gasteiger partial charge in [-0.15, -0.1) is 0 Å². The Morgan fingerprint density at radius 2 is 2.00 bits per heavy atom. The van der Waals surface area contributed by atoms with Gasteiger partial charge in [0.2, 0.25) is 0 Å². The van der Waals surface area contributed by atoms with Crippen molar-refractivity contribution in [1.29, 1.82) is 0 Å². The molecule has 2 rings (SSSR count). The highest BCUT2D eigenvalue weighted by atomic mass is 35.5. The lowest BCUT2D eigenvalue weighted by atomic mass is 10.1. The van der Waals surface area contributed by atoms with Crippen molar-refractivity contribution in [3.05, 3.63) is 58.4 Å². The van der Waals surface area contributed by atoms with E-state index in [4.69, 9.17) is 17.3 Å². The Labute approximate surface area is 116 Å². The van der Waals surface area contributed by atoms with Crippen LogP contribution in [-0.4, -0.2) is 16.0 Å². The second kappa shape index (κ2) is 6.08. The zero-order chi connectivity index (χ0) is 13.8. The molecule has 0 radical (unpaired) electrons. The molecule has 1 heterocycles. The van der Waals surface area contributed by atoms with Crippen LogP contribution in [-0.2, 0) is 12.8 Å². The van der Waals surface area contributed by atoms with Crippen molar-refractivity contribution in [1.82, 2.24) is 9.97 Å². The lowest BCUT2D eigenvalue weighted by Crippen LogP contribution is -2.18. The maximum atomic E-state index is 13.7. The first kappa shape index (κ1) is 13.9. The smallest absolute Gasteiger partial charge is 0.145 e. The third-order valence-corrected chi connectivity index (χ3v) is 2.99. The highest BCUT2D eigenvalue weighted by Crippen LogP contribution is 2.19. The molecule has 5 heteroatoms. The van der Waals surface area contributed by atoms with Gasteiger partial charge in [-0.05, 0) is 30.5 Å². The normalized spacial score (nSPS) is 12.4. The fourth-order valence-electron chi connectivity index (χ4n) is 1.81. The van der Waals surface area contributed by atoms with Gasteiger partial charge in [0, 0.05) is 24.9 Å². The van der Waals surface area contributed by atoms with Gasteiger partial charge in [-0.1, -0.05) is 23.7 Å². The van der Waals surface area contributed by atoms with Crippen molar-refractivity contribution in [2.24, 2.45) is 5.73 Å². The van der Waals surface area contributed by atoms with Crippen LogP contribution in [0.1, 0.15) is 23.9 Å². The van der Waals surface area contributed by atoms with E-state index in [0.717, 1.165) is 12.0 Å². The zero-order valence-electron chi connectivity index (χ0n) is 10.6. The second-order valence-corrected chi connectivity index (χ2v) is 4.99. The Balaban J connectivity index is 2.13. The lowest BCUT2D eigenvalue weighted by Gasteiger charge is -2.06. The van der Waals surface area contributed by atoms with E-state index in [2.05, 4.69) is 9.97 Å². The predicted octanol–water partition coefficient (Wildman–Crippen LogP) is 2.75. The van der Waals surface area contributed by atoms with Gasteiger partial charge in [-0.2, -0.15) is 0 Å². The van der Waals surface area contributed by atoms with Crippen LogP contribution in [0.25, 0.3) is 0 Å². The van der Waals surface area contributed by atoms with E-state index in [-0.39, 0.29) is 11.1 Å². The van der Waals surface area contributed by atoms with E-state index in [9.17, 15) is 4.39 Å². The van der Waals surface area contributed by atoms with E-state index < -0.39 is 5.82 Å². The molecule has 0 saturated carbocycles. The molecule has 1 unspecified atom stereocenters. The Morgan fingerprint density at radius 3 is 2.63 bits per heavy atom. The minimum Gasteiger partial charge on any atom is -0.328 e. The molecule has 19 heavy (non-hydrogen) atoms. The fourth-order valence-corrected chi connectivity index (χ4v) is 2.00. The molecule has 0 fully saturated rings. The molecule has 1 atom stereocenters. The molecule has 2 N–H and O–H groups in total. The van der Waals surface area contributed by atoms with Crippen LogP contribution in [0.5, 0.6) is 0 Å². The van der Waals surface area contributed by atoms with Crippen LogP contribution >= 0.6 is 11.6 Å². The standard InChI is InChI=1S/C14H15ClFN3/c1-9(17)5-10-7-18-13(19-8-10)6-11-3-2-4-12(15)14(11)16/h2-4,7-9H,5-6,17H2,1H3. The van der Waals surface area contributed by atoms with Crippen molar-refractivity contribution in [2.45, 2.75) is 25.8 Å². The molecule has 1 aromatic heterocycles. The Kier molecular flexibility index (Phi) is 4.45. The van der Waals surface area contributed by atoms with E-state index in [0.29, 0.717) is 17.8 Å². The highest BCUT2D eigenvalue weighted by molar-refractivity contribution is 6.30. The topological polar surface area (TPSA) is 51.8 Å². The molecular weight excluding hydrogens is 265 g/mol. The van der Waals surface area contributed by atoms with Crippen molar-refractivity contribution in [3.8, 4) is 0 Å². The zero-order valence-corrected chi connectivity index (χ0v) is 11.4. The number of benzene rings is 1. The van der Waals surface area contributed by atoms with Crippen LogP contribution in [0.2, 0.25) is 5.02 Å². The van der Waals surface area contributed by atoms with Gasteiger partial charge in [-0.3, -0.25) is 0 Å². The van der Waals surface area contributed by atoms with Gasteiger partial charge in [0.15, 0.2) is 0 Å². The van der Waals surface area contributed by atoms with Crippen LogP contribution in [0, 0.1) is 5.82 Å². The third-order valence-electron chi connectivity index (χ3n) is 2.70. The van der Waals surface area contributed by atoms with E-state index >= 15 is 0 Å². The number of hydrogen-bond acceptors (Lipinski definition) is 3. The van der Waals surface area contributed by atoms with Gasteiger partial charge < -0.3 is 5.73 Å². The summed E-state index contributed by atoms with van der Waals surface area (Å²) in [5.41, 5.74) is 7.17. The van der Waals surface area contributed by atoms with Gasteiger partial charge >= 0.3 is 0 Å². The molecule has 0 aliphatic rings. The quantitative estimate of drug-likeness (QED) is 0.936. The summed E-state index contributed by atoms with van der Waals surface area (Å²) in [4.78, 5) is 8.44. The molecule has 0 bridgehead atoms. The number of halogens is 2. The Morgan fingerprint density at radius 1 is 1.32 bits per heavy atom. The van der Waals surface area contributed by atoms with Gasteiger partial charge in [-0.25, -0.2) is 14.4 Å². The summed E-state index contributed by atoms with van der Waals surface area (Å²) >= 11 is 5.73. The van der Waals surface area contributed by atoms with Gasteiger partial charge in [0.05, 0.1) is 5.02 Å². The van der Waals surface area contributed by atoms with E-state index in [1.165, 1.54) is 6.07 Å². The predicted molar refractivity (Wildman–Crippen MR) is 73.6 cm³/mol. The van der Waals surface area contributed by atoms with E-state index in [1.807, 2.05) is 6.92 Å². The van der Waals surface area contributed by atoms with Crippen LogP contribution < -0.4 is 5.73 Å². The minimum atomic E-state index is -0.410. The summed E-state index contributed by atoms with van der Waals surface area (Å²) in [6.45, 7) is 1.93. The molecule has 0 spiro atoms. The van der Waals surface area contributed by atoms with Crippen LogP contribution in [0.4, 0.5) is 4.39 Å². The summed E-state index contributed by atoms with van der Waals surface area (Å²) in [6.07, 6.45) is 4.51. The monoisotopic (exact) mass is 279 g/mol. The third kappa shape index (κ3) is 3.72. The van der Waals surface area contributed by atoms with Gasteiger partial charge in [0.1, 0.15) is 11.6 Å². The number of hydrogen-bond donors (Lipinski definition) is 1. The molecule has 100 valence electrons. The molecule has 0 saturated heterocycles. The highest BCUT2D eigenvalue weighted by Gasteiger charge is 2.08. The fraction of sp³-hybridized carbons (Fsp3) is 0.286. The van der Waals surface area contributed by atoms with Crippen molar-refractivity contribution < 1.29 is 4.39 Å². The maximum absolute atomic E-state index is 13.7. The number of nitrogens with two attached hydrogens (primary N) is 1. The summed E-state index contributed by atoms with van der Waals surface area (Å²) in [7, 11) is 0. The summed E-state index contributed by atoms with van der Waals surface area (Å²) in [5, 5.41) is 0.117. The first-order valence-electron chi connectivity index (χ1n) is 6.04. The molecular formula is C14H15ClFN3. The Hall–Kier alpha value is -1.52. The SMILES string of the molecule is CC(N)Cc1cnc(Cc2cccc(Cl)c2F)nc1. The Bertz CT molecular complexity index is 555. The van der Waals surface area contributed by atoms with E-state index in [1.54, 1.807) is 24.5 Å². The number of rotatable bonds is 4. The number of nitrogens with zero attached hydrogens (tertiary/aromatic N) is 2. The summed E-state index contributed by atoms with van der Waals surface area (Å²) in [5.74, 6) is 0.155. The molecule has 0 amide bonds. The summed E-state index contributed by atoms with van der Waals surface area (Å²) in [6, 6.07) is 4.98.